The minimum Gasteiger partial charge on any atom is -0.211 e. The van der Waals surface area contributed by atoms with Gasteiger partial charge in [0.25, 0.3) is 0 Å². The van der Waals surface area contributed by atoms with E-state index in [4.69, 9.17) is 0 Å². The Morgan fingerprint density at radius 2 is 1.12 bits per heavy atom. The van der Waals surface area contributed by atoms with Crippen LogP contribution in [0.25, 0.3) is 0 Å². The Balaban J connectivity index is 3.16. The van der Waals surface area contributed by atoms with E-state index in [2.05, 4.69) is 39.3 Å². The first-order chi connectivity index (χ1) is 11.6. The predicted molar refractivity (Wildman–Crippen MR) is 116 cm³/mol. The molecule has 0 atom stereocenters. The van der Waals surface area contributed by atoms with E-state index in [0.717, 1.165) is 3.71 Å². The molecule has 1 rings (SSSR count). The summed E-state index contributed by atoms with van der Waals surface area (Å²) in [6, 6.07) is 10.0. The highest BCUT2D eigenvalue weighted by molar-refractivity contribution is 8.04. The number of hydrogen-bond acceptors (Lipinski definition) is 4. The van der Waals surface area contributed by atoms with E-state index >= 15 is 0 Å². The Kier molecular flexibility index (Phi) is 7.86. The fourth-order valence-corrected chi connectivity index (χ4v) is 12.1. The molecule has 1 aromatic rings. The molecule has 0 saturated heterocycles. The van der Waals surface area contributed by atoms with E-state index in [9.17, 15) is 16.8 Å². The third-order valence-corrected chi connectivity index (χ3v) is 12.5. The molecule has 0 aliphatic carbocycles. The molecule has 0 spiro atoms. The molecule has 0 heterocycles. The van der Waals surface area contributed by atoms with E-state index in [-0.39, 0.29) is 18.1 Å². The molecule has 0 bridgehead atoms. The quantitative estimate of drug-likeness (QED) is 0.524. The highest BCUT2D eigenvalue weighted by atomic mass is 32.3. The van der Waals surface area contributed by atoms with E-state index in [1.807, 2.05) is 6.07 Å². The average Bonchev–Trinajstić information content (AvgIpc) is 2.48. The molecule has 9 heteroatoms. The van der Waals surface area contributed by atoms with Crippen LogP contribution in [-0.4, -0.2) is 48.2 Å². The van der Waals surface area contributed by atoms with Gasteiger partial charge in [-0.2, -0.15) is 0 Å². The number of rotatable bonds is 10. The summed E-state index contributed by atoms with van der Waals surface area (Å²) >= 11 is 0. The molecule has 0 amide bonds. The Labute approximate surface area is 161 Å². The van der Waals surface area contributed by atoms with E-state index in [1.165, 1.54) is 0 Å². The Morgan fingerprint density at radius 3 is 1.46 bits per heavy atom. The second-order valence-electron chi connectivity index (χ2n) is 9.17. The third-order valence-electron chi connectivity index (χ3n) is 4.00. The van der Waals surface area contributed by atoms with Gasteiger partial charge in [-0.05, 0) is 17.7 Å². The molecule has 0 aliphatic rings. The molecule has 150 valence electrons. The number of sulfonamides is 2. The van der Waals surface area contributed by atoms with Gasteiger partial charge in [-0.15, -0.1) is 0 Å². The summed E-state index contributed by atoms with van der Waals surface area (Å²) < 4.78 is 52.5. The third kappa shape index (κ3) is 8.47. The molecule has 0 radical (unpaired) electrons. The minimum atomic E-state index is -3.88. The van der Waals surface area contributed by atoms with Gasteiger partial charge in [0.1, 0.15) is 0 Å². The first kappa shape index (κ1) is 23.6. The van der Waals surface area contributed by atoms with Crippen LogP contribution >= 0.6 is 0 Å². The van der Waals surface area contributed by atoms with Crippen LogP contribution in [0.3, 0.4) is 0 Å². The first-order valence-electron chi connectivity index (χ1n) is 8.90. The summed E-state index contributed by atoms with van der Waals surface area (Å²) in [5.74, 6) is -0.219. The van der Waals surface area contributed by atoms with Crippen molar-refractivity contribution in [1.29, 1.82) is 0 Å². The van der Waals surface area contributed by atoms with Gasteiger partial charge in [0.05, 0.1) is 18.1 Å². The van der Waals surface area contributed by atoms with Crippen LogP contribution in [0.2, 0.25) is 51.4 Å². The van der Waals surface area contributed by atoms with E-state index in [0.29, 0.717) is 17.7 Å². The van der Waals surface area contributed by atoms with Crippen molar-refractivity contribution in [2.24, 2.45) is 0 Å². The second-order valence-corrected chi connectivity index (χ2v) is 24.7. The molecular weight excluding hydrogens is 402 g/mol. The Morgan fingerprint density at radius 1 is 0.731 bits per heavy atom. The molecule has 1 aromatic carbocycles. The summed E-state index contributed by atoms with van der Waals surface area (Å²) in [5, 5.41) is 0. The summed E-state index contributed by atoms with van der Waals surface area (Å²) in [6.45, 7) is 12.4. The standard InChI is InChI=1S/C17H33NO4S2Si2/c1-25(2,3)14-12-23(19,20)18(16-17-10-8-7-9-11-17)24(21,22)13-15-26(4,5)6/h7-11H,12-16H2,1-6H3. The monoisotopic (exact) mass is 435 g/mol. The Bertz CT molecular complexity index is 732. The SMILES string of the molecule is C[Si](C)(C)CCS(=O)(=O)N(Cc1ccccc1)S(=O)(=O)CC[Si](C)(C)C. The van der Waals surface area contributed by atoms with E-state index < -0.39 is 36.2 Å². The summed E-state index contributed by atoms with van der Waals surface area (Å²) in [6.07, 6.45) is 0. The molecule has 0 aliphatic heterocycles. The lowest BCUT2D eigenvalue weighted by Crippen LogP contribution is -2.41. The smallest absolute Gasteiger partial charge is 0.211 e. The van der Waals surface area contributed by atoms with Gasteiger partial charge >= 0.3 is 0 Å². The van der Waals surface area contributed by atoms with Crippen molar-refractivity contribution in [2.75, 3.05) is 11.5 Å². The lowest BCUT2D eigenvalue weighted by molar-refractivity contribution is 0.496. The lowest BCUT2D eigenvalue weighted by Gasteiger charge is -2.25. The van der Waals surface area contributed by atoms with Crippen molar-refractivity contribution < 1.29 is 16.8 Å². The van der Waals surface area contributed by atoms with Crippen LogP contribution in [0.1, 0.15) is 5.56 Å². The summed E-state index contributed by atoms with van der Waals surface area (Å²) in [5.41, 5.74) is 0.681. The zero-order valence-electron chi connectivity index (χ0n) is 16.8. The van der Waals surface area contributed by atoms with Gasteiger partial charge in [0, 0.05) is 16.1 Å². The number of benzene rings is 1. The van der Waals surface area contributed by atoms with Crippen molar-refractivity contribution in [2.45, 2.75) is 57.9 Å². The topological polar surface area (TPSA) is 71.5 Å². The minimum absolute atomic E-state index is 0.109. The molecule has 0 fully saturated rings. The van der Waals surface area contributed by atoms with Crippen LogP contribution in [0, 0.1) is 0 Å². The van der Waals surface area contributed by atoms with E-state index in [1.54, 1.807) is 24.3 Å². The maximum Gasteiger partial charge on any atom is 0.227 e. The van der Waals surface area contributed by atoms with Gasteiger partial charge in [-0.1, -0.05) is 73.3 Å². The van der Waals surface area contributed by atoms with Gasteiger partial charge in [-0.3, -0.25) is 0 Å². The second kappa shape index (κ2) is 8.68. The average molecular weight is 436 g/mol. The fraction of sp³-hybridized carbons (Fsp3) is 0.647. The normalized spacial score (nSPS) is 14.0. The lowest BCUT2D eigenvalue weighted by atomic mass is 10.2. The first-order valence-corrected chi connectivity index (χ1v) is 19.5. The van der Waals surface area contributed by atoms with Gasteiger partial charge in [0.2, 0.25) is 20.0 Å². The number of nitrogens with zero attached hydrogens (tertiary/aromatic N) is 1. The molecule has 26 heavy (non-hydrogen) atoms. The summed E-state index contributed by atoms with van der Waals surface area (Å²) in [4.78, 5) is 0. The maximum absolute atomic E-state index is 12.9. The highest BCUT2D eigenvalue weighted by Crippen LogP contribution is 2.21. The van der Waals surface area contributed by atoms with Gasteiger partial charge in [0.15, 0.2) is 0 Å². The van der Waals surface area contributed by atoms with Crippen LogP contribution in [0.15, 0.2) is 30.3 Å². The maximum atomic E-state index is 12.9. The zero-order chi connectivity index (χ0) is 20.2. The zero-order valence-corrected chi connectivity index (χ0v) is 20.5. The molecule has 0 aromatic heterocycles. The Hall–Kier alpha value is -0.486. The van der Waals surface area contributed by atoms with Crippen LogP contribution < -0.4 is 0 Å². The van der Waals surface area contributed by atoms with Crippen molar-refractivity contribution >= 4 is 36.2 Å². The van der Waals surface area contributed by atoms with Crippen molar-refractivity contribution in [3.63, 3.8) is 0 Å². The fourth-order valence-electron chi connectivity index (χ4n) is 2.18. The molecule has 0 saturated carbocycles. The van der Waals surface area contributed by atoms with Crippen LogP contribution in [0.5, 0.6) is 0 Å². The molecular formula is C17H33NO4S2Si2. The van der Waals surface area contributed by atoms with Gasteiger partial charge in [-0.25, -0.2) is 16.8 Å². The largest absolute Gasteiger partial charge is 0.227 e. The van der Waals surface area contributed by atoms with Crippen molar-refractivity contribution in [3.8, 4) is 0 Å². The molecule has 0 unspecified atom stereocenters. The van der Waals surface area contributed by atoms with Crippen molar-refractivity contribution in [3.05, 3.63) is 35.9 Å². The van der Waals surface area contributed by atoms with Crippen LogP contribution in [0.4, 0.5) is 0 Å². The van der Waals surface area contributed by atoms with Gasteiger partial charge < -0.3 is 0 Å². The predicted octanol–water partition coefficient (Wildman–Crippen LogP) is 3.82. The molecule has 5 nitrogen and oxygen atoms in total. The summed E-state index contributed by atoms with van der Waals surface area (Å²) in [7, 11) is -11.0. The number of hydrogen-bond donors (Lipinski definition) is 0. The molecule has 0 N–H and O–H groups in total. The van der Waals surface area contributed by atoms with Crippen molar-refractivity contribution in [1.82, 2.24) is 3.71 Å². The van der Waals surface area contributed by atoms with Crippen LogP contribution in [-0.2, 0) is 26.6 Å². The highest BCUT2D eigenvalue weighted by Gasteiger charge is 2.35.